The van der Waals surface area contributed by atoms with Crippen LogP contribution >= 0.6 is 0 Å². The van der Waals surface area contributed by atoms with Crippen molar-refractivity contribution in [1.82, 2.24) is 4.98 Å². The highest BCUT2D eigenvalue weighted by Crippen LogP contribution is 2.42. The number of ketones is 1. The summed E-state index contributed by atoms with van der Waals surface area (Å²) in [7, 11) is 0. The van der Waals surface area contributed by atoms with E-state index >= 15 is 0 Å². The van der Waals surface area contributed by atoms with E-state index in [1.807, 2.05) is 38.1 Å². The van der Waals surface area contributed by atoms with Gasteiger partial charge in [0, 0.05) is 42.4 Å². The maximum Gasteiger partial charge on any atom is 0.300 e. The molecule has 2 aromatic carbocycles. The molecular weight excluding hydrogens is 478 g/mol. The zero-order chi connectivity index (χ0) is 26.6. The first-order valence-electron chi connectivity index (χ1n) is 13.3. The van der Waals surface area contributed by atoms with Gasteiger partial charge in [-0.05, 0) is 98.3 Å². The molecule has 196 valence electrons. The average molecular weight is 512 g/mol. The lowest BCUT2D eigenvalue weighted by Crippen LogP contribution is -2.30. The molecule has 0 spiro atoms. The number of aliphatic hydroxyl groups is 1. The number of aliphatic hydroxyl groups excluding tert-OH is 1. The fourth-order valence-corrected chi connectivity index (χ4v) is 5.26. The minimum Gasteiger partial charge on any atom is -0.507 e. The molecule has 1 unspecified atom stereocenters. The summed E-state index contributed by atoms with van der Waals surface area (Å²) in [5.41, 5.74) is 3.76. The second-order valence-corrected chi connectivity index (χ2v) is 9.84. The summed E-state index contributed by atoms with van der Waals surface area (Å²) in [6, 6.07) is 15.8. The van der Waals surface area contributed by atoms with Crippen LogP contribution in [-0.2, 0) is 9.59 Å². The van der Waals surface area contributed by atoms with E-state index in [1.165, 1.54) is 24.2 Å². The second-order valence-electron chi connectivity index (χ2n) is 9.84. The molecule has 1 atom stereocenters. The number of carbonyl (C=O) groups excluding carboxylic acids is 2. The van der Waals surface area contributed by atoms with Crippen LogP contribution in [-0.4, -0.2) is 41.5 Å². The summed E-state index contributed by atoms with van der Waals surface area (Å²) in [6.45, 7) is 6.56. The minimum atomic E-state index is -0.782. The van der Waals surface area contributed by atoms with Crippen LogP contribution in [0.15, 0.2) is 72.6 Å². The highest BCUT2D eigenvalue weighted by atomic mass is 16.5. The minimum absolute atomic E-state index is 0.0583. The lowest BCUT2D eigenvalue weighted by atomic mass is 9.95. The Morgan fingerprint density at radius 1 is 0.974 bits per heavy atom. The lowest BCUT2D eigenvalue weighted by molar-refractivity contribution is -0.132. The number of hydrogen-bond acceptors (Lipinski definition) is 6. The highest BCUT2D eigenvalue weighted by molar-refractivity contribution is 6.51. The SMILES string of the molecule is CCCOc1ccc(/C(O)=C2/C(=O)C(=O)N(c3ccc(N4CCCCC4)cc3)C2c2ccncc2)cc1C. The molecule has 1 N–H and O–H groups in total. The van der Waals surface area contributed by atoms with Gasteiger partial charge in [0.1, 0.15) is 11.5 Å². The summed E-state index contributed by atoms with van der Waals surface area (Å²) >= 11 is 0. The molecule has 0 aliphatic carbocycles. The fourth-order valence-electron chi connectivity index (χ4n) is 5.26. The topological polar surface area (TPSA) is 83.0 Å². The Morgan fingerprint density at radius 3 is 2.32 bits per heavy atom. The van der Waals surface area contributed by atoms with Gasteiger partial charge < -0.3 is 14.7 Å². The third-order valence-corrected chi connectivity index (χ3v) is 7.23. The lowest BCUT2D eigenvalue weighted by Gasteiger charge is -2.30. The Bertz CT molecular complexity index is 1350. The van der Waals surface area contributed by atoms with Crippen molar-refractivity contribution in [3.63, 3.8) is 0 Å². The van der Waals surface area contributed by atoms with Crippen LogP contribution in [0.4, 0.5) is 11.4 Å². The molecule has 1 aromatic heterocycles. The van der Waals surface area contributed by atoms with Gasteiger partial charge in [0.15, 0.2) is 0 Å². The van der Waals surface area contributed by atoms with Gasteiger partial charge in [0.05, 0.1) is 18.2 Å². The van der Waals surface area contributed by atoms with Crippen LogP contribution in [0.3, 0.4) is 0 Å². The van der Waals surface area contributed by atoms with Gasteiger partial charge in [-0.2, -0.15) is 0 Å². The molecule has 3 aromatic rings. The number of amides is 1. The second kappa shape index (κ2) is 11.1. The normalized spacial score (nSPS) is 19.2. The molecule has 1 amide bonds. The monoisotopic (exact) mass is 511 g/mol. The molecule has 2 aliphatic heterocycles. The molecule has 3 heterocycles. The summed E-state index contributed by atoms with van der Waals surface area (Å²) < 4.78 is 5.77. The number of Topliss-reactive ketones (excluding diaryl/α,β-unsaturated/α-hetero) is 1. The van der Waals surface area contributed by atoms with Crippen molar-refractivity contribution >= 4 is 28.8 Å². The van der Waals surface area contributed by atoms with Crippen molar-refractivity contribution in [2.24, 2.45) is 0 Å². The molecule has 7 nitrogen and oxygen atoms in total. The number of rotatable bonds is 7. The van der Waals surface area contributed by atoms with E-state index in [2.05, 4.69) is 9.88 Å². The smallest absolute Gasteiger partial charge is 0.300 e. The first-order valence-corrected chi connectivity index (χ1v) is 13.3. The summed E-state index contributed by atoms with van der Waals surface area (Å²) in [5.74, 6) is -0.863. The number of benzene rings is 2. The number of hydrogen-bond donors (Lipinski definition) is 1. The van der Waals surface area contributed by atoms with Crippen LogP contribution in [0.2, 0.25) is 0 Å². The quantitative estimate of drug-likeness (QED) is 0.245. The van der Waals surface area contributed by atoms with E-state index < -0.39 is 17.7 Å². The van der Waals surface area contributed by atoms with Gasteiger partial charge in [-0.3, -0.25) is 19.5 Å². The molecule has 2 aliphatic rings. The van der Waals surface area contributed by atoms with Gasteiger partial charge >= 0.3 is 0 Å². The zero-order valence-electron chi connectivity index (χ0n) is 21.9. The van der Waals surface area contributed by atoms with E-state index in [0.717, 1.165) is 36.5 Å². The first-order chi connectivity index (χ1) is 18.5. The molecular formula is C31H33N3O4. The van der Waals surface area contributed by atoms with Crippen LogP contribution in [0.1, 0.15) is 55.3 Å². The van der Waals surface area contributed by atoms with Gasteiger partial charge in [0.25, 0.3) is 11.7 Å². The van der Waals surface area contributed by atoms with Crippen LogP contribution in [0.25, 0.3) is 5.76 Å². The van der Waals surface area contributed by atoms with Crippen molar-refractivity contribution in [1.29, 1.82) is 0 Å². The van der Waals surface area contributed by atoms with E-state index in [4.69, 9.17) is 4.74 Å². The largest absolute Gasteiger partial charge is 0.507 e. The van der Waals surface area contributed by atoms with Gasteiger partial charge in [-0.1, -0.05) is 6.92 Å². The Morgan fingerprint density at radius 2 is 1.66 bits per heavy atom. The first kappa shape index (κ1) is 25.5. The third-order valence-electron chi connectivity index (χ3n) is 7.23. The van der Waals surface area contributed by atoms with Crippen molar-refractivity contribution in [3.05, 3.63) is 89.3 Å². The Labute approximate surface area is 223 Å². The Balaban J connectivity index is 1.56. The van der Waals surface area contributed by atoms with Gasteiger partial charge in [-0.25, -0.2) is 0 Å². The maximum absolute atomic E-state index is 13.4. The molecule has 2 fully saturated rings. The standard InChI is InChI=1S/C31H33N3O4/c1-3-19-38-26-12-7-23(20-21(26)2)29(35)27-28(22-13-15-32-16-14-22)34(31(37)30(27)36)25-10-8-24(9-11-25)33-17-5-4-6-18-33/h7-16,20,28,35H,3-6,17-19H2,1-2H3/b29-27-. The number of nitrogens with zero attached hydrogens (tertiary/aromatic N) is 3. The van der Waals surface area contributed by atoms with Crippen molar-refractivity contribution < 1.29 is 19.4 Å². The third kappa shape index (κ3) is 4.88. The summed E-state index contributed by atoms with van der Waals surface area (Å²) in [5, 5.41) is 11.4. The van der Waals surface area contributed by atoms with E-state index in [1.54, 1.807) is 42.7 Å². The number of carbonyl (C=O) groups is 2. The number of ether oxygens (including phenoxy) is 1. The number of anilines is 2. The van der Waals surface area contributed by atoms with E-state index in [-0.39, 0.29) is 11.3 Å². The van der Waals surface area contributed by atoms with Crippen LogP contribution in [0, 0.1) is 6.92 Å². The fraction of sp³-hybridized carbons (Fsp3) is 0.323. The molecule has 38 heavy (non-hydrogen) atoms. The number of aryl methyl sites for hydroxylation is 1. The molecule has 2 saturated heterocycles. The number of piperidine rings is 1. The molecule has 0 radical (unpaired) electrons. The van der Waals surface area contributed by atoms with Gasteiger partial charge in [0.2, 0.25) is 0 Å². The summed E-state index contributed by atoms with van der Waals surface area (Å²) in [6.07, 6.45) is 7.72. The predicted molar refractivity (Wildman–Crippen MR) is 148 cm³/mol. The van der Waals surface area contributed by atoms with Crippen molar-refractivity contribution in [2.75, 3.05) is 29.5 Å². The molecule has 7 heteroatoms. The molecule has 0 saturated carbocycles. The Kier molecular flexibility index (Phi) is 7.45. The molecule has 5 rings (SSSR count). The van der Waals surface area contributed by atoms with Crippen LogP contribution < -0.4 is 14.5 Å². The highest BCUT2D eigenvalue weighted by Gasteiger charge is 2.47. The Hall–Kier alpha value is -4.13. The van der Waals surface area contributed by atoms with E-state index in [0.29, 0.717) is 23.4 Å². The zero-order valence-corrected chi connectivity index (χ0v) is 21.9. The average Bonchev–Trinajstić information content (AvgIpc) is 3.23. The summed E-state index contributed by atoms with van der Waals surface area (Å²) in [4.78, 5) is 34.8. The number of pyridine rings is 1. The van der Waals surface area contributed by atoms with Crippen LogP contribution in [0.5, 0.6) is 5.75 Å². The molecule has 0 bridgehead atoms. The number of aromatic nitrogens is 1. The maximum atomic E-state index is 13.4. The predicted octanol–water partition coefficient (Wildman–Crippen LogP) is 5.80. The van der Waals surface area contributed by atoms with Crippen molar-refractivity contribution in [3.8, 4) is 5.75 Å². The van der Waals surface area contributed by atoms with E-state index in [9.17, 15) is 14.7 Å². The van der Waals surface area contributed by atoms with Crippen molar-refractivity contribution in [2.45, 2.75) is 45.6 Å². The van der Waals surface area contributed by atoms with Gasteiger partial charge in [-0.15, -0.1) is 0 Å².